The van der Waals surface area contributed by atoms with Gasteiger partial charge in [0, 0.05) is 0 Å². The van der Waals surface area contributed by atoms with Crippen LogP contribution in [0.4, 0.5) is 0 Å². The Kier molecular flexibility index (Phi) is 2.99. The minimum absolute atomic E-state index is 0.751. The van der Waals surface area contributed by atoms with E-state index in [1.807, 2.05) is 12.5 Å². The van der Waals surface area contributed by atoms with Crippen molar-refractivity contribution in [1.82, 2.24) is 19.6 Å². The molecule has 2 rings (SSSR count). The van der Waals surface area contributed by atoms with Gasteiger partial charge in [0.2, 0.25) is 5.16 Å². The predicted octanol–water partition coefficient (Wildman–Crippen LogP) is 2.33. The second kappa shape index (κ2) is 4.08. The number of nitrogens with zero attached hydrogens (tertiary/aromatic N) is 4. The highest BCUT2D eigenvalue weighted by molar-refractivity contribution is 9.10. The molecule has 0 radical (unpaired) electrons. The molecular weight excluding hydrogens is 284 g/mol. The first kappa shape index (κ1) is 10.3. The molecular formula is C7H7BrN4S2. The lowest BCUT2D eigenvalue weighted by Crippen LogP contribution is -1.99. The smallest absolute Gasteiger partial charge is 0.208 e. The third-order valence-electron chi connectivity index (χ3n) is 1.65. The van der Waals surface area contributed by atoms with Gasteiger partial charge in [-0.15, -0.1) is 16.9 Å². The van der Waals surface area contributed by atoms with E-state index in [0.717, 1.165) is 20.4 Å². The van der Waals surface area contributed by atoms with Crippen molar-refractivity contribution in [3.05, 3.63) is 10.8 Å². The SMILES string of the molecule is CSc1nc(SC)c2ncc(Br)n2n1. The van der Waals surface area contributed by atoms with Gasteiger partial charge in [-0.05, 0) is 28.4 Å². The molecule has 0 unspecified atom stereocenters. The Labute approximate surface area is 98.0 Å². The van der Waals surface area contributed by atoms with Crippen LogP contribution >= 0.6 is 39.5 Å². The van der Waals surface area contributed by atoms with Crippen LogP contribution in [0.15, 0.2) is 21.0 Å². The predicted molar refractivity (Wildman–Crippen MR) is 62.0 cm³/mol. The van der Waals surface area contributed by atoms with Gasteiger partial charge >= 0.3 is 0 Å². The number of hydrogen-bond acceptors (Lipinski definition) is 5. The molecule has 0 aliphatic carbocycles. The number of halogens is 1. The standard InChI is InChI=1S/C7H7BrN4S2/c1-13-6-5-9-3-4(8)12(5)11-7(10-6)14-2/h3H,1-2H3. The summed E-state index contributed by atoms with van der Waals surface area (Å²) < 4.78 is 2.60. The van der Waals surface area contributed by atoms with E-state index in [1.165, 1.54) is 11.8 Å². The normalized spacial score (nSPS) is 11.1. The third kappa shape index (κ3) is 1.64. The lowest BCUT2D eigenvalue weighted by molar-refractivity contribution is 0.747. The van der Waals surface area contributed by atoms with Gasteiger partial charge in [0.05, 0.1) is 6.20 Å². The van der Waals surface area contributed by atoms with Crippen LogP contribution in [0.1, 0.15) is 0 Å². The van der Waals surface area contributed by atoms with Gasteiger partial charge in [-0.25, -0.2) is 14.5 Å². The fraction of sp³-hybridized carbons (Fsp3) is 0.286. The Balaban J connectivity index is 2.76. The van der Waals surface area contributed by atoms with Gasteiger partial charge in [0.1, 0.15) is 9.63 Å². The molecule has 0 bridgehead atoms. The number of imidazole rings is 1. The number of aromatic nitrogens is 4. The molecule has 4 nitrogen and oxygen atoms in total. The van der Waals surface area contributed by atoms with E-state index < -0.39 is 0 Å². The molecule has 0 saturated heterocycles. The van der Waals surface area contributed by atoms with E-state index in [9.17, 15) is 0 Å². The van der Waals surface area contributed by atoms with E-state index in [1.54, 1.807) is 22.5 Å². The van der Waals surface area contributed by atoms with Crippen molar-refractivity contribution in [3.63, 3.8) is 0 Å². The first-order valence-corrected chi connectivity index (χ1v) is 6.99. The first-order chi connectivity index (χ1) is 6.76. The van der Waals surface area contributed by atoms with Crippen molar-refractivity contribution >= 4 is 45.1 Å². The van der Waals surface area contributed by atoms with Crippen LogP contribution in [0.3, 0.4) is 0 Å². The van der Waals surface area contributed by atoms with Gasteiger partial charge < -0.3 is 0 Å². The fourth-order valence-corrected chi connectivity index (χ4v) is 2.29. The lowest BCUT2D eigenvalue weighted by atomic mass is 10.8. The molecule has 0 aromatic carbocycles. The van der Waals surface area contributed by atoms with Crippen LogP contribution in [0.2, 0.25) is 0 Å². The van der Waals surface area contributed by atoms with Crippen molar-refractivity contribution in [2.45, 2.75) is 10.2 Å². The molecule has 0 spiro atoms. The van der Waals surface area contributed by atoms with Gasteiger partial charge in [0.15, 0.2) is 5.65 Å². The molecule has 7 heteroatoms. The molecule has 14 heavy (non-hydrogen) atoms. The molecule has 74 valence electrons. The zero-order valence-corrected chi connectivity index (χ0v) is 10.8. The summed E-state index contributed by atoms with van der Waals surface area (Å²) in [5.41, 5.74) is 0.794. The largest absolute Gasteiger partial charge is 0.232 e. The summed E-state index contributed by atoms with van der Waals surface area (Å²) in [5, 5.41) is 5.96. The maximum Gasteiger partial charge on any atom is 0.208 e. The summed E-state index contributed by atoms with van der Waals surface area (Å²) in [5.74, 6) is 0. The van der Waals surface area contributed by atoms with Crippen molar-refractivity contribution in [2.75, 3.05) is 12.5 Å². The summed E-state index contributed by atoms with van der Waals surface area (Å²) in [7, 11) is 0. The molecule has 2 heterocycles. The lowest BCUT2D eigenvalue weighted by Gasteiger charge is -2.01. The van der Waals surface area contributed by atoms with Crippen molar-refractivity contribution in [3.8, 4) is 0 Å². The molecule has 2 aromatic heterocycles. The topological polar surface area (TPSA) is 43.1 Å². The van der Waals surface area contributed by atoms with Gasteiger partial charge in [0.25, 0.3) is 0 Å². The Morgan fingerprint density at radius 2 is 2.14 bits per heavy atom. The zero-order valence-electron chi connectivity index (χ0n) is 7.56. The number of hydrogen-bond donors (Lipinski definition) is 0. The van der Waals surface area contributed by atoms with Crippen LogP contribution < -0.4 is 0 Å². The number of thioether (sulfide) groups is 2. The summed E-state index contributed by atoms with van der Waals surface area (Å²) in [4.78, 5) is 8.59. The monoisotopic (exact) mass is 290 g/mol. The van der Waals surface area contributed by atoms with Crippen molar-refractivity contribution < 1.29 is 0 Å². The Hall–Kier alpha value is -0.270. The quantitative estimate of drug-likeness (QED) is 0.794. The van der Waals surface area contributed by atoms with E-state index in [-0.39, 0.29) is 0 Å². The summed E-state index contributed by atoms with van der Waals surface area (Å²) >= 11 is 6.48. The van der Waals surface area contributed by atoms with E-state index in [2.05, 4.69) is 31.0 Å². The van der Waals surface area contributed by atoms with Crippen LogP contribution in [0.5, 0.6) is 0 Å². The zero-order chi connectivity index (χ0) is 10.1. The number of rotatable bonds is 2. The Morgan fingerprint density at radius 1 is 1.36 bits per heavy atom. The minimum Gasteiger partial charge on any atom is -0.232 e. The average Bonchev–Trinajstić information content (AvgIpc) is 2.59. The van der Waals surface area contributed by atoms with Crippen molar-refractivity contribution in [1.29, 1.82) is 0 Å². The van der Waals surface area contributed by atoms with Crippen LogP contribution in [0.25, 0.3) is 5.65 Å². The van der Waals surface area contributed by atoms with Crippen LogP contribution in [0, 0.1) is 0 Å². The second-order valence-corrected chi connectivity index (χ2v) is 4.80. The van der Waals surface area contributed by atoms with Crippen LogP contribution in [-0.4, -0.2) is 32.1 Å². The third-order valence-corrected chi connectivity index (χ3v) is 3.39. The summed E-state index contributed by atoms with van der Waals surface area (Å²) in [6.07, 6.45) is 5.67. The maximum absolute atomic E-state index is 4.36. The molecule has 0 aliphatic rings. The van der Waals surface area contributed by atoms with Crippen molar-refractivity contribution in [2.24, 2.45) is 0 Å². The summed E-state index contributed by atoms with van der Waals surface area (Å²) in [6, 6.07) is 0. The molecule has 0 fully saturated rings. The van der Waals surface area contributed by atoms with E-state index >= 15 is 0 Å². The Bertz CT molecular complexity index is 470. The molecule has 0 aliphatic heterocycles. The highest BCUT2D eigenvalue weighted by Crippen LogP contribution is 2.22. The second-order valence-electron chi connectivity index (χ2n) is 2.42. The van der Waals surface area contributed by atoms with Gasteiger partial charge in [-0.1, -0.05) is 11.8 Å². The first-order valence-electron chi connectivity index (χ1n) is 3.75. The Morgan fingerprint density at radius 3 is 2.79 bits per heavy atom. The van der Waals surface area contributed by atoms with Gasteiger partial charge in [-0.3, -0.25) is 0 Å². The van der Waals surface area contributed by atoms with E-state index in [4.69, 9.17) is 0 Å². The van der Waals surface area contributed by atoms with Gasteiger partial charge in [-0.2, -0.15) is 0 Å². The van der Waals surface area contributed by atoms with E-state index in [0.29, 0.717) is 0 Å². The highest BCUT2D eigenvalue weighted by atomic mass is 79.9. The summed E-state index contributed by atoms with van der Waals surface area (Å²) in [6.45, 7) is 0. The molecule has 0 N–H and O–H groups in total. The molecule has 2 aromatic rings. The average molecular weight is 291 g/mol. The fourth-order valence-electron chi connectivity index (χ4n) is 1.03. The number of fused-ring (bicyclic) bond motifs is 1. The molecule has 0 atom stereocenters. The molecule has 0 saturated carbocycles. The molecule has 0 amide bonds. The highest BCUT2D eigenvalue weighted by Gasteiger charge is 2.10. The maximum atomic E-state index is 4.36. The van der Waals surface area contributed by atoms with Crippen LogP contribution in [-0.2, 0) is 0 Å². The minimum atomic E-state index is 0.751.